The molecule has 164 valence electrons. The van der Waals surface area contributed by atoms with Crippen LogP contribution in [0.5, 0.6) is 23.0 Å². The number of ketones is 1. The quantitative estimate of drug-likeness (QED) is 0.385. The zero-order valence-electron chi connectivity index (χ0n) is 17.9. The molecular weight excluding hydrogens is 396 g/mol. The molecule has 2 aromatic rings. The van der Waals surface area contributed by atoms with E-state index in [1.807, 2.05) is 25.2 Å². The molecule has 0 saturated carbocycles. The van der Waals surface area contributed by atoms with Crippen LogP contribution in [-0.2, 0) is 6.42 Å². The van der Waals surface area contributed by atoms with Crippen molar-refractivity contribution in [3.05, 3.63) is 65.3 Å². The summed E-state index contributed by atoms with van der Waals surface area (Å²) in [4.78, 5) is 12.5. The number of carbonyl (C=O) groups is 1. The Morgan fingerprint density at radius 1 is 1.13 bits per heavy atom. The fourth-order valence-electron chi connectivity index (χ4n) is 3.49. The highest BCUT2D eigenvalue weighted by molar-refractivity contribution is 5.98. The standard InChI is InChI=1S/C25H28O6/c1-24(2,30)12-4-13-25(3)14-11-18-16(6-10-21(28)23(18)31-25)5-9-20(27)19-8-7-17(26)15-22(19)29/h4,6-8,10-12,14-15,26,28-30H,5,9,13H2,1-3H3/t25-/m1/s1. The van der Waals surface area contributed by atoms with Crippen LogP contribution in [0.25, 0.3) is 6.08 Å². The van der Waals surface area contributed by atoms with Gasteiger partial charge in [-0.1, -0.05) is 24.3 Å². The second-order valence-corrected chi connectivity index (χ2v) is 8.62. The molecule has 0 aromatic heterocycles. The van der Waals surface area contributed by atoms with Crippen LogP contribution >= 0.6 is 0 Å². The smallest absolute Gasteiger partial charge is 0.169 e. The Morgan fingerprint density at radius 2 is 1.87 bits per heavy atom. The first kappa shape index (κ1) is 22.4. The highest BCUT2D eigenvalue weighted by atomic mass is 16.5. The molecule has 0 unspecified atom stereocenters. The van der Waals surface area contributed by atoms with Gasteiger partial charge in [-0.3, -0.25) is 4.79 Å². The minimum Gasteiger partial charge on any atom is -0.508 e. The van der Waals surface area contributed by atoms with Crippen molar-refractivity contribution in [1.29, 1.82) is 0 Å². The van der Waals surface area contributed by atoms with Crippen molar-refractivity contribution in [2.75, 3.05) is 0 Å². The summed E-state index contributed by atoms with van der Waals surface area (Å²) >= 11 is 0. The first-order valence-corrected chi connectivity index (χ1v) is 10.2. The van der Waals surface area contributed by atoms with Crippen molar-refractivity contribution >= 4 is 11.9 Å². The Hall–Kier alpha value is -3.25. The molecule has 3 rings (SSSR count). The Labute approximate surface area is 181 Å². The van der Waals surface area contributed by atoms with E-state index >= 15 is 0 Å². The molecule has 0 fully saturated rings. The number of aromatic hydroxyl groups is 3. The first-order valence-electron chi connectivity index (χ1n) is 10.2. The molecule has 0 bridgehead atoms. The maximum Gasteiger partial charge on any atom is 0.169 e. The van der Waals surface area contributed by atoms with Crippen LogP contribution in [0.3, 0.4) is 0 Å². The molecule has 1 aliphatic heterocycles. The average Bonchev–Trinajstić information content (AvgIpc) is 2.66. The Balaban J connectivity index is 1.77. The van der Waals surface area contributed by atoms with Gasteiger partial charge in [0, 0.05) is 24.5 Å². The number of hydrogen-bond donors (Lipinski definition) is 4. The number of phenols is 3. The van der Waals surface area contributed by atoms with Gasteiger partial charge in [0.25, 0.3) is 0 Å². The van der Waals surface area contributed by atoms with Crippen LogP contribution in [0.15, 0.2) is 48.6 Å². The van der Waals surface area contributed by atoms with E-state index in [4.69, 9.17) is 4.74 Å². The van der Waals surface area contributed by atoms with Gasteiger partial charge in [0.1, 0.15) is 17.1 Å². The lowest BCUT2D eigenvalue weighted by Gasteiger charge is -2.32. The van der Waals surface area contributed by atoms with Gasteiger partial charge in [0.15, 0.2) is 17.3 Å². The van der Waals surface area contributed by atoms with E-state index in [-0.39, 0.29) is 35.0 Å². The predicted octanol–water partition coefficient (Wildman–Crippen LogP) is 4.50. The normalized spacial score (nSPS) is 18.1. The van der Waals surface area contributed by atoms with Gasteiger partial charge in [-0.15, -0.1) is 0 Å². The topological polar surface area (TPSA) is 107 Å². The molecule has 1 aliphatic rings. The third kappa shape index (κ3) is 5.47. The number of carbonyl (C=O) groups excluding carboxylic acids is 1. The van der Waals surface area contributed by atoms with E-state index < -0.39 is 11.2 Å². The van der Waals surface area contributed by atoms with E-state index in [2.05, 4.69) is 0 Å². The minimum atomic E-state index is -0.916. The molecule has 0 radical (unpaired) electrons. The number of ether oxygens (including phenoxy) is 1. The fraction of sp³-hybridized carbons (Fsp3) is 0.320. The third-order valence-electron chi connectivity index (χ3n) is 5.16. The lowest BCUT2D eigenvalue weighted by Crippen LogP contribution is -2.31. The van der Waals surface area contributed by atoms with Crippen LogP contribution in [0, 0.1) is 0 Å². The fourth-order valence-corrected chi connectivity index (χ4v) is 3.49. The molecule has 0 amide bonds. The third-order valence-corrected chi connectivity index (χ3v) is 5.16. The lowest BCUT2D eigenvalue weighted by atomic mass is 9.91. The van der Waals surface area contributed by atoms with Gasteiger partial charge in [-0.05, 0) is 57.0 Å². The van der Waals surface area contributed by atoms with Crippen LogP contribution in [0.1, 0.15) is 55.1 Å². The van der Waals surface area contributed by atoms with Crippen molar-refractivity contribution < 1.29 is 30.0 Å². The Bertz CT molecular complexity index is 1040. The van der Waals surface area contributed by atoms with Crippen molar-refractivity contribution in [3.8, 4) is 23.0 Å². The molecular formula is C25H28O6. The number of hydrogen-bond acceptors (Lipinski definition) is 6. The second kappa shape index (κ2) is 8.47. The number of rotatable bonds is 7. The molecule has 0 aliphatic carbocycles. The van der Waals surface area contributed by atoms with E-state index in [0.29, 0.717) is 24.2 Å². The Morgan fingerprint density at radius 3 is 2.55 bits per heavy atom. The number of fused-ring (bicyclic) bond motifs is 1. The summed E-state index contributed by atoms with van der Waals surface area (Å²) in [7, 11) is 0. The highest BCUT2D eigenvalue weighted by Gasteiger charge is 2.29. The molecule has 31 heavy (non-hydrogen) atoms. The predicted molar refractivity (Wildman–Crippen MR) is 119 cm³/mol. The molecule has 6 heteroatoms. The Kier molecular flexibility index (Phi) is 6.13. The summed E-state index contributed by atoms with van der Waals surface area (Å²) in [6.45, 7) is 5.27. The maximum absolute atomic E-state index is 12.5. The van der Waals surface area contributed by atoms with Crippen LogP contribution in [-0.4, -0.2) is 37.4 Å². The largest absolute Gasteiger partial charge is 0.508 e. The summed E-state index contributed by atoms with van der Waals surface area (Å²) < 4.78 is 6.11. The SMILES string of the molecule is CC(C)(O)C=CC[C@]1(C)C=Cc2c(CCC(=O)c3ccc(O)cc3O)ccc(O)c2O1. The zero-order valence-corrected chi connectivity index (χ0v) is 17.9. The van der Waals surface area contributed by atoms with Crippen LogP contribution in [0.2, 0.25) is 0 Å². The number of aliphatic hydroxyl groups is 1. The summed E-state index contributed by atoms with van der Waals surface area (Å²) in [6.07, 6.45) is 8.38. The number of Topliss-reactive ketones (excluding diaryl/α,β-unsaturated/α-hetero) is 1. The lowest BCUT2D eigenvalue weighted by molar-refractivity contribution is 0.0979. The molecule has 0 spiro atoms. The summed E-state index contributed by atoms with van der Waals surface area (Å²) in [5.74, 6) is -0.232. The van der Waals surface area contributed by atoms with E-state index in [1.165, 1.54) is 12.1 Å². The summed E-state index contributed by atoms with van der Waals surface area (Å²) in [5, 5.41) is 39.5. The van der Waals surface area contributed by atoms with Crippen molar-refractivity contribution in [3.63, 3.8) is 0 Å². The van der Waals surface area contributed by atoms with Crippen molar-refractivity contribution in [1.82, 2.24) is 0 Å². The number of phenolic OH excluding ortho intramolecular Hbond substituents is 3. The molecule has 1 heterocycles. The van der Waals surface area contributed by atoms with Gasteiger partial charge in [0.2, 0.25) is 0 Å². The summed E-state index contributed by atoms with van der Waals surface area (Å²) in [6, 6.07) is 7.19. The van der Waals surface area contributed by atoms with Crippen molar-refractivity contribution in [2.24, 2.45) is 0 Å². The zero-order chi connectivity index (χ0) is 22.8. The second-order valence-electron chi connectivity index (χ2n) is 8.62. The average molecular weight is 424 g/mol. The van der Waals surface area contributed by atoms with Gasteiger partial charge in [-0.25, -0.2) is 0 Å². The number of aryl methyl sites for hydroxylation is 1. The van der Waals surface area contributed by atoms with E-state index in [1.54, 1.807) is 32.1 Å². The van der Waals surface area contributed by atoms with Gasteiger partial charge >= 0.3 is 0 Å². The first-order chi connectivity index (χ1) is 14.5. The monoisotopic (exact) mass is 424 g/mol. The number of benzene rings is 2. The highest BCUT2D eigenvalue weighted by Crippen LogP contribution is 2.41. The van der Waals surface area contributed by atoms with E-state index in [0.717, 1.165) is 11.6 Å². The van der Waals surface area contributed by atoms with Crippen LogP contribution in [0.4, 0.5) is 0 Å². The summed E-state index contributed by atoms with van der Waals surface area (Å²) in [5.41, 5.74) is 0.110. The van der Waals surface area contributed by atoms with Crippen molar-refractivity contribution in [2.45, 2.75) is 51.2 Å². The maximum atomic E-state index is 12.5. The van der Waals surface area contributed by atoms with E-state index in [9.17, 15) is 25.2 Å². The van der Waals surface area contributed by atoms with Gasteiger partial charge in [-0.2, -0.15) is 0 Å². The van der Waals surface area contributed by atoms with Gasteiger partial charge < -0.3 is 25.2 Å². The van der Waals surface area contributed by atoms with Crippen LogP contribution < -0.4 is 4.74 Å². The molecule has 6 nitrogen and oxygen atoms in total. The molecule has 2 aromatic carbocycles. The van der Waals surface area contributed by atoms with Gasteiger partial charge in [0.05, 0.1) is 11.2 Å². The molecule has 0 saturated heterocycles. The molecule has 4 N–H and O–H groups in total. The molecule has 1 atom stereocenters. The minimum absolute atomic E-state index is 0.0169.